The van der Waals surface area contributed by atoms with Crippen LogP contribution in [0.15, 0.2) is 11.0 Å². The van der Waals surface area contributed by atoms with Crippen molar-refractivity contribution < 1.29 is 0 Å². The van der Waals surface area contributed by atoms with Crippen molar-refractivity contribution in [2.75, 3.05) is 18.0 Å². The summed E-state index contributed by atoms with van der Waals surface area (Å²) >= 11 is 6.21. The third-order valence-corrected chi connectivity index (χ3v) is 4.76. The van der Waals surface area contributed by atoms with Gasteiger partial charge in [0, 0.05) is 25.7 Å². The smallest absolute Gasteiger partial charge is 0.291 e. The van der Waals surface area contributed by atoms with Crippen LogP contribution in [0.5, 0.6) is 0 Å². The second-order valence-corrected chi connectivity index (χ2v) is 6.36. The summed E-state index contributed by atoms with van der Waals surface area (Å²) in [6.07, 6.45) is 7.08. The Morgan fingerprint density at radius 1 is 1.30 bits per heavy atom. The number of rotatable bonds is 3. The van der Waals surface area contributed by atoms with Gasteiger partial charge in [0.1, 0.15) is 5.69 Å². The quantitative estimate of drug-likeness (QED) is 0.921. The maximum atomic E-state index is 12.6. The summed E-state index contributed by atoms with van der Waals surface area (Å²) in [6, 6.07) is 0.240. The first-order valence-electron chi connectivity index (χ1n) is 7.41. The van der Waals surface area contributed by atoms with Gasteiger partial charge in [-0.05, 0) is 31.6 Å². The summed E-state index contributed by atoms with van der Waals surface area (Å²) in [5.74, 6) is 0.601. The second-order valence-electron chi connectivity index (χ2n) is 5.95. The standard InChI is InChI=1S/C14H21ClN4O/c15-12-8-17-19(9-10-2-1-3-10)14(20)13(12)18-6-4-11(16)5-7-18/h8,10-11H,1-7,9,16H2. The molecule has 1 aliphatic heterocycles. The molecule has 5 nitrogen and oxygen atoms in total. The zero-order valence-electron chi connectivity index (χ0n) is 11.6. The normalized spacial score (nSPS) is 21.0. The summed E-state index contributed by atoms with van der Waals surface area (Å²) in [5.41, 5.74) is 6.47. The molecule has 0 spiro atoms. The summed E-state index contributed by atoms with van der Waals surface area (Å²) < 4.78 is 1.58. The highest BCUT2D eigenvalue weighted by Gasteiger charge is 2.24. The minimum atomic E-state index is -0.0557. The lowest BCUT2D eigenvalue weighted by Crippen LogP contribution is -2.43. The molecule has 2 N–H and O–H groups in total. The van der Waals surface area contributed by atoms with Crippen molar-refractivity contribution in [1.82, 2.24) is 9.78 Å². The van der Waals surface area contributed by atoms with Crippen LogP contribution in [0.2, 0.25) is 5.02 Å². The molecule has 1 aromatic heterocycles. The topological polar surface area (TPSA) is 64.2 Å². The van der Waals surface area contributed by atoms with E-state index in [-0.39, 0.29) is 11.6 Å². The molecule has 0 bridgehead atoms. The molecule has 0 unspecified atom stereocenters. The van der Waals surface area contributed by atoms with Crippen molar-refractivity contribution in [3.05, 3.63) is 21.6 Å². The Labute approximate surface area is 123 Å². The van der Waals surface area contributed by atoms with E-state index in [1.807, 2.05) is 0 Å². The molecule has 3 rings (SSSR count). The van der Waals surface area contributed by atoms with Gasteiger partial charge in [0.05, 0.1) is 11.2 Å². The van der Waals surface area contributed by atoms with Gasteiger partial charge in [0.2, 0.25) is 0 Å². The SMILES string of the molecule is NC1CCN(c2c(Cl)cnn(CC3CCC3)c2=O)CC1. The molecular weight excluding hydrogens is 276 g/mol. The fraction of sp³-hybridized carbons (Fsp3) is 0.714. The Hall–Kier alpha value is -1.07. The molecule has 1 saturated carbocycles. The molecule has 6 heteroatoms. The van der Waals surface area contributed by atoms with Gasteiger partial charge in [-0.3, -0.25) is 4.79 Å². The van der Waals surface area contributed by atoms with Crippen LogP contribution < -0.4 is 16.2 Å². The molecule has 110 valence electrons. The summed E-state index contributed by atoms with van der Waals surface area (Å²) in [6.45, 7) is 2.31. The fourth-order valence-corrected chi connectivity index (χ4v) is 3.16. The molecule has 1 saturated heterocycles. The molecule has 1 aliphatic carbocycles. The van der Waals surface area contributed by atoms with Gasteiger partial charge in [0.25, 0.3) is 5.56 Å². The Bertz CT molecular complexity index is 532. The maximum absolute atomic E-state index is 12.6. The highest BCUT2D eigenvalue weighted by molar-refractivity contribution is 6.33. The van der Waals surface area contributed by atoms with Crippen LogP contribution in [-0.4, -0.2) is 28.9 Å². The maximum Gasteiger partial charge on any atom is 0.291 e. The number of nitrogens with two attached hydrogens (primary N) is 1. The molecule has 0 radical (unpaired) electrons. The summed E-state index contributed by atoms with van der Waals surface area (Å²) in [4.78, 5) is 14.7. The van der Waals surface area contributed by atoms with E-state index in [1.54, 1.807) is 10.9 Å². The predicted octanol–water partition coefficient (Wildman–Crippen LogP) is 1.62. The first-order valence-corrected chi connectivity index (χ1v) is 7.79. The van der Waals surface area contributed by atoms with Gasteiger partial charge in [-0.15, -0.1) is 0 Å². The molecule has 2 heterocycles. The molecule has 2 aliphatic rings. The molecular formula is C14H21ClN4O. The first-order chi connectivity index (χ1) is 9.65. The van der Waals surface area contributed by atoms with Crippen molar-refractivity contribution in [2.24, 2.45) is 11.7 Å². The number of aromatic nitrogens is 2. The first kappa shape index (κ1) is 13.9. The van der Waals surface area contributed by atoms with Gasteiger partial charge in [-0.2, -0.15) is 5.10 Å². The van der Waals surface area contributed by atoms with Crippen LogP contribution in [-0.2, 0) is 6.54 Å². The van der Waals surface area contributed by atoms with Crippen LogP contribution in [0.25, 0.3) is 0 Å². The fourth-order valence-electron chi connectivity index (χ4n) is 2.92. The van der Waals surface area contributed by atoms with Gasteiger partial charge in [-0.25, -0.2) is 4.68 Å². The van der Waals surface area contributed by atoms with Crippen LogP contribution in [0, 0.1) is 5.92 Å². The van der Waals surface area contributed by atoms with Gasteiger partial charge >= 0.3 is 0 Å². The second kappa shape index (κ2) is 5.74. The lowest BCUT2D eigenvalue weighted by atomic mass is 9.85. The Morgan fingerprint density at radius 3 is 2.60 bits per heavy atom. The minimum Gasteiger partial charge on any atom is -0.366 e. The lowest BCUT2D eigenvalue weighted by Gasteiger charge is -2.32. The summed E-state index contributed by atoms with van der Waals surface area (Å²) in [5, 5.41) is 4.64. The molecule has 0 atom stereocenters. The average Bonchev–Trinajstić information content (AvgIpc) is 2.38. The van der Waals surface area contributed by atoms with Crippen molar-refractivity contribution in [1.29, 1.82) is 0 Å². The van der Waals surface area contributed by atoms with E-state index in [2.05, 4.69) is 10.00 Å². The third kappa shape index (κ3) is 2.69. The van der Waals surface area contributed by atoms with E-state index < -0.39 is 0 Å². The monoisotopic (exact) mass is 296 g/mol. The third-order valence-electron chi connectivity index (χ3n) is 4.49. The molecule has 2 fully saturated rings. The zero-order chi connectivity index (χ0) is 14.1. The van der Waals surface area contributed by atoms with Gasteiger partial charge in [-0.1, -0.05) is 18.0 Å². The lowest BCUT2D eigenvalue weighted by molar-refractivity contribution is 0.261. The molecule has 1 aromatic rings. The number of anilines is 1. The van der Waals surface area contributed by atoms with Crippen LogP contribution in [0.3, 0.4) is 0 Å². The molecule has 0 aromatic carbocycles. The Morgan fingerprint density at radius 2 is 2.00 bits per heavy atom. The minimum absolute atomic E-state index is 0.0557. The van der Waals surface area contributed by atoms with Crippen molar-refractivity contribution in [2.45, 2.75) is 44.7 Å². The predicted molar refractivity (Wildman–Crippen MR) is 80.3 cm³/mol. The van der Waals surface area contributed by atoms with Crippen LogP contribution >= 0.6 is 11.6 Å². The van der Waals surface area contributed by atoms with E-state index in [9.17, 15) is 4.79 Å². The van der Waals surface area contributed by atoms with E-state index in [4.69, 9.17) is 17.3 Å². The van der Waals surface area contributed by atoms with Crippen LogP contribution in [0.1, 0.15) is 32.1 Å². The van der Waals surface area contributed by atoms with Gasteiger partial charge in [0.15, 0.2) is 0 Å². The van der Waals surface area contributed by atoms with Crippen molar-refractivity contribution >= 4 is 17.3 Å². The number of hydrogen-bond donors (Lipinski definition) is 1. The highest BCUT2D eigenvalue weighted by atomic mass is 35.5. The van der Waals surface area contributed by atoms with E-state index >= 15 is 0 Å². The molecule has 20 heavy (non-hydrogen) atoms. The summed E-state index contributed by atoms with van der Waals surface area (Å²) in [7, 11) is 0. The molecule has 0 amide bonds. The van der Waals surface area contributed by atoms with Crippen molar-refractivity contribution in [3.8, 4) is 0 Å². The number of piperidine rings is 1. The zero-order valence-corrected chi connectivity index (χ0v) is 12.4. The Kier molecular flexibility index (Phi) is 3.98. The number of hydrogen-bond acceptors (Lipinski definition) is 4. The van der Waals surface area contributed by atoms with E-state index in [0.717, 1.165) is 32.5 Å². The Balaban J connectivity index is 1.85. The average molecular weight is 297 g/mol. The largest absolute Gasteiger partial charge is 0.366 e. The number of halogens is 1. The van der Waals surface area contributed by atoms with E-state index in [1.165, 1.54) is 19.3 Å². The van der Waals surface area contributed by atoms with Crippen LogP contribution in [0.4, 0.5) is 5.69 Å². The van der Waals surface area contributed by atoms with E-state index in [0.29, 0.717) is 16.6 Å². The highest BCUT2D eigenvalue weighted by Crippen LogP contribution is 2.28. The van der Waals surface area contributed by atoms with Gasteiger partial charge < -0.3 is 10.6 Å². The van der Waals surface area contributed by atoms with Crippen molar-refractivity contribution in [3.63, 3.8) is 0 Å². The number of nitrogens with zero attached hydrogens (tertiary/aromatic N) is 3.